The molecule has 6 nitrogen and oxygen atoms in total. The Kier molecular flexibility index (Phi) is 2.82. The number of nitrogens with one attached hydrogen (secondary N) is 2. The van der Waals surface area contributed by atoms with Gasteiger partial charge in [0.1, 0.15) is 5.65 Å². The molecule has 0 saturated carbocycles. The fourth-order valence-electron chi connectivity index (χ4n) is 3.05. The third kappa shape index (κ3) is 2.01. The van der Waals surface area contributed by atoms with Gasteiger partial charge in [-0.3, -0.25) is 0 Å². The van der Waals surface area contributed by atoms with Crippen LogP contribution in [0.3, 0.4) is 0 Å². The summed E-state index contributed by atoms with van der Waals surface area (Å²) in [5.74, 6) is 0.968. The number of hydrogen-bond donors (Lipinski definition) is 2. The summed E-state index contributed by atoms with van der Waals surface area (Å²) < 4.78 is 2.26. The zero-order valence-electron chi connectivity index (χ0n) is 12.3. The molecule has 0 aromatic carbocycles. The maximum atomic E-state index is 4.82. The average Bonchev–Trinajstić information content (AvgIpc) is 3.31. The summed E-state index contributed by atoms with van der Waals surface area (Å²) >= 11 is 1.64. The molecule has 2 N–H and O–H groups in total. The highest BCUT2D eigenvalue weighted by Gasteiger charge is 2.18. The summed E-state index contributed by atoms with van der Waals surface area (Å²) in [5.41, 5.74) is 4.17. The van der Waals surface area contributed by atoms with Gasteiger partial charge in [0, 0.05) is 48.4 Å². The van der Waals surface area contributed by atoms with E-state index in [0.717, 1.165) is 52.8 Å². The summed E-state index contributed by atoms with van der Waals surface area (Å²) in [6.45, 7) is 2.79. The van der Waals surface area contributed by atoms with Gasteiger partial charge in [-0.2, -0.15) is 0 Å². The highest BCUT2D eigenvalue weighted by atomic mass is 32.1. The van der Waals surface area contributed by atoms with Crippen molar-refractivity contribution in [3.8, 4) is 22.1 Å². The normalized spacial score (nSPS) is 14.3. The van der Waals surface area contributed by atoms with E-state index in [1.807, 2.05) is 18.5 Å². The van der Waals surface area contributed by atoms with Crippen molar-refractivity contribution in [3.63, 3.8) is 0 Å². The molecule has 5 rings (SSSR count). The van der Waals surface area contributed by atoms with Gasteiger partial charge in [-0.15, -0.1) is 11.3 Å². The van der Waals surface area contributed by atoms with Gasteiger partial charge in [0.25, 0.3) is 0 Å². The second kappa shape index (κ2) is 5.00. The van der Waals surface area contributed by atoms with Gasteiger partial charge >= 0.3 is 0 Å². The van der Waals surface area contributed by atoms with Gasteiger partial charge in [0.15, 0.2) is 10.8 Å². The molecule has 0 aliphatic carbocycles. The number of rotatable bonds is 2. The summed E-state index contributed by atoms with van der Waals surface area (Å²) in [5, 5.41) is 7.52. The molecule has 0 spiro atoms. The topological polar surface area (TPSA) is 71.4 Å². The predicted octanol–water partition coefficient (Wildman–Crippen LogP) is 2.65. The van der Waals surface area contributed by atoms with Crippen molar-refractivity contribution < 1.29 is 0 Å². The van der Waals surface area contributed by atoms with E-state index in [-0.39, 0.29) is 0 Å². The van der Waals surface area contributed by atoms with Crippen LogP contribution in [0.1, 0.15) is 5.69 Å². The van der Waals surface area contributed by atoms with Crippen LogP contribution < -0.4 is 5.32 Å². The SMILES string of the molecule is c1cnc2[nH]cc(-c3csc(-c4ncc5n4CCNC5)n3)c2c1. The van der Waals surface area contributed by atoms with E-state index < -0.39 is 0 Å². The number of thiazole rings is 1. The number of fused-ring (bicyclic) bond motifs is 2. The van der Waals surface area contributed by atoms with Crippen LogP contribution in [0.2, 0.25) is 0 Å². The maximum Gasteiger partial charge on any atom is 0.169 e. The minimum absolute atomic E-state index is 0.874. The molecule has 4 aromatic heterocycles. The third-order valence-electron chi connectivity index (χ3n) is 4.18. The minimum atomic E-state index is 0.874. The zero-order valence-corrected chi connectivity index (χ0v) is 13.1. The molecule has 114 valence electrons. The van der Waals surface area contributed by atoms with Crippen molar-refractivity contribution in [2.24, 2.45) is 0 Å². The number of pyridine rings is 1. The lowest BCUT2D eigenvalue weighted by molar-refractivity contribution is 0.519. The molecule has 0 amide bonds. The lowest BCUT2D eigenvalue weighted by atomic mass is 10.2. The Morgan fingerprint density at radius 1 is 1.26 bits per heavy atom. The summed E-state index contributed by atoms with van der Waals surface area (Å²) in [4.78, 5) is 16.9. The molecule has 4 aromatic rings. The van der Waals surface area contributed by atoms with Crippen molar-refractivity contribution >= 4 is 22.4 Å². The molecular formula is C16H14N6S. The first-order valence-electron chi connectivity index (χ1n) is 7.53. The average molecular weight is 322 g/mol. The van der Waals surface area contributed by atoms with E-state index in [1.165, 1.54) is 5.69 Å². The maximum absolute atomic E-state index is 4.82. The van der Waals surface area contributed by atoms with Crippen LogP contribution in [0, 0.1) is 0 Å². The van der Waals surface area contributed by atoms with E-state index in [4.69, 9.17) is 4.98 Å². The first kappa shape index (κ1) is 13.0. The predicted molar refractivity (Wildman–Crippen MR) is 90.1 cm³/mol. The van der Waals surface area contributed by atoms with E-state index in [2.05, 4.69) is 36.3 Å². The Labute approximate surface area is 136 Å². The molecule has 0 bridgehead atoms. The highest BCUT2D eigenvalue weighted by molar-refractivity contribution is 7.13. The van der Waals surface area contributed by atoms with E-state index in [9.17, 15) is 0 Å². The third-order valence-corrected chi connectivity index (χ3v) is 5.02. The number of aromatic nitrogens is 5. The molecule has 0 atom stereocenters. The number of imidazole rings is 1. The Morgan fingerprint density at radius 3 is 3.26 bits per heavy atom. The summed E-state index contributed by atoms with van der Waals surface area (Å²) in [7, 11) is 0. The zero-order chi connectivity index (χ0) is 15.2. The van der Waals surface area contributed by atoms with Gasteiger partial charge in [0.2, 0.25) is 0 Å². The Morgan fingerprint density at radius 2 is 2.26 bits per heavy atom. The van der Waals surface area contributed by atoms with Crippen LogP contribution in [0.5, 0.6) is 0 Å². The number of nitrogens with zero attached hydrogens (tertiary/aromatic N) is 4. The van der Waals surface area contributed by atoms with Gasteiger partial charge in [0.05, 0.1) is 17.6 Å². The molecule has 7 heteroatoms. The van der Waals surface area contributed by atoms with Gasteiger partial charge in [-0.05, 0) is 12.1 Å². The molecule has 0 fully saturated rings. The van der Waals surface area contributed by atoms with Gasteiger partial charge < -0.3 is 14.9 Å². The fraction of sp³-hybridized carbons (Fsp3) is 0.188. The molecule has 1 aliphatic rings. The molecule has 1 aliphatic heterocycles. The molecular weight excluding hydrogens is 308 g/mol. The molecule has 0 saturated heterocycles. The van der Waals surface area contributed by atoms with Crippen LogP contribution in [0.4, 0.5) is 0 Å². The van der Waals surface area contributed by atoms with E-state index in [0.29, 0.717) is 0 Å². The highest BCUT2D eigenvalue weighted by Crippen LogP contribution is 2.32. The van der Waals surface area contributed by atoms with Crippen LogP contribution in [-0.4, -0.2) is 31.0 Å². The molecule has 0 unspecified atom stereocenters. The van der Waals surface area contributed by atoms with Crippen LogP contribution in [0.25, 0.3) is 33.1 Å². The molecule has 0 radical (unpaired) electrons. The van der Waals surface area contributed by atoms with E-state index >= 15 is 0 Å². The summed E-state index contributed by atoms with van der Waals surface area (Å²) in [6.07, 6.45) is 5.71. The number of hydrogen-bond acceptors (Lipinski definition) is 5. The Bertz CT molecular complexity index is 995. The monoisotopic (exact) mass is 322 g/mol. The Hall–Kier alpha value is -2.51. The lowest BCUT2D eigenvalue weighted by Gasteiger charge is -2.16. The van der Waals surface area contributed by atoms with Crippen LogP contribution in [0.15, 0.2) is 36.1 Å². The fourth-order valence-corrected chi connectivity index (χ4v) is 3.87. The van der Waals surface area contributed by atoms with Crippen molar-refractivity contribution in [2.45, 2.75) is 13.1 Å². The van der Waals surface area contributed by atoms with Crippen molar-refractivity contribution in [1.29, 1.82) is 0 Å². The van der Waals surface area contributed by atoms with Crippen molar-refractivity contribution in [3.05, 3.63) is 41.8 Å². The van der Waals surface area contributed by atoms with Crippen molar-refractivity contribution in [2.75, 3.05) is 6.54 Å². The largest absolute Gasteiger partial charge is 0.345 e. The van der Waals surface area contributed by atoms with Gasteiger partial charge in [-0.1, -0.05) is 0 Å². The van der Waals surface area contributed by atoms with Crippen LogP contribution in [-0.2, 0) is 13.1 Å². The first-order chi connectivity index (χ1) is 11.4. The quantitative estimate of drug-likeness (QED) is 0.595. The second-order valence-electron chi connectivity index (χ2n) is 5.54. The van der Waals surface area contributed by atoms with Gasteiger partial charge in [-0.25, -0.2) is 15.0 Å². The molecule has 23 heavy (non-hydrogen) atoms. The lowest BCUT2D eigenvalue weighted by Crippen LogP contribution is -2.27. The first-order valence-corrected chi connectivity index (χ1v) is 8.41. The standard InChI is InChI=1S/C16H14N6S/c1-2-11-12(8-19-14(11)18-3-1)13-9-23-16(21-13)15-20-7-10-6-17-4-5-22(10)15/h1-3,7-9,17H,4-6H2,(H,18,19). The minimum Gasteiger partial charge on any atom is -0.345 e. The second-order valence-corrected chi connectivity index (χ2v) is 6.40. The Balaban J connectivity index is 1.59. The number of H-pyrrole nitrogens is 1. The summed E-state index contributed by atoms with van der Waals surface area (Å²) in [6, 6.07) is 4.02. The van der Waals surface area contributed by atoms with Crippen LogP contribution >= 0.6 is 11.3 Å². The molecule has 5 heterocycles. The van der Waals surface area contributed by atoms with E-state index in [1.54, 1.807) is 17.5 Å². The number of aromatic amines is 1. The smallest absolute Gasteiger partial charge is 0.169 e. The van der Waals surface area contributed by atoms with Crippen molar-refractivity contribution in [1.82, 2.24) is 29.8 Å².